The van der Waals surface area contributed by atoms with E-state index in [1.165, 1.54) is 13.2 Å². The molecule has 0 spiro atoms. The summed E-state index contributed by atoms with van der Waals surface area (Å²) in [7, 11) is -2.66. The smallest absolute Gasteiger partial charge is 0.265 e. The van der Waals surface area contributed by atoms with Crippen LogP contribution in [-0.4, -0.2) is 40.3 Å². The molecular weight excluding hydrogens is 501 g/mol. The van der Waals surface area contributed by atoms with Gasteiger partial charge in [-0.15, -0.1) is 0 Å². The van der Waals surface area contributed by atoms with Crippen LogP contribution in [0.2, 0.25) is 5.02 Å². The summed E-state index contributed by atoms with van der Waals surface area (Å²) >= 11 is 7.60. The van der Waals surface area contributed by atoms with Crippen molar-refractivity contribution in [3.05, 3.63) is 59.0 Å². The second-order valence-electron chi connectivity index (χ2n) is 8.32. The summed E-state index contributed by atoms with van der Waals surface area (Å²) in [5.41, 5.74) is 0.803. The molecule has 0 bridgehead atoms. The van der Waals surface area contributed by atoms with Crippen molar-refractivity contribution in [3.8, 4) is 5.75 Å². The molecule has 11 heteroatoms. The lowest BCUT2D eigenvalue weighted by Gasteiger charge is -2.30. The molecule has 2 heterocycles. The van der Waals surface area contributed by atoms with Crippen molar-refractivity contribution in [2.24, 2.45) is 5.92 Å². The Morgan fingerprint density at radius 3 is 2.74 bits per heavy atom. The molecule has 3 N–H and O–H groups in total. The Kier molecular flexibility index (Phi) is 7.63. The number of hydrogen-bond donors (Lipinski definition) is 3. The van der Waals surface area contributed by atoms with Gasteiger partial charge in [-0.2, -0.15) is 0 Å². The molecule has 2 aliphatic heterocycles. The molecule has 0 saturated carbocycles. The van der Waals surface area contributed by atoms with Gasteiger partial charge >= 0.3 is 0 Å². The Morgan fingerprint density at radius 2 is 2.03 bits per heavy atom. The zero-order valence-corrected chi connectivity index (χ0v) is 21.2. The Bertz CT molecular complexity index is 1190. The summed E-state index contributed by atoms with van der Waals surface area (Å²) in [6.07, 6.45) is 3.96. The lowest BCUT2D eigenvalue weighted by molar-refractivity contribution is 0.0650. The minimum Gasteiger partial charge on any atom is -0.495 e. The molecule has 1 atom stereocenters. The third kappa shape index (κ3) is 5.80. The lowest BCUT2D eigenvalue weighted by atomic mass is 10.0. The van der Waals surface area contributed by atoms with Crippen LogP contribution in [0.15, 0.2) is 47.5 Å². The van der Waals surface area contributed by atoms with E-state index in [1.54, 1.807) is 23.9 Å². The summed E-state index contributed by atoms with van der Waals surface area (Å²) < 4.78 is 52.9. The predicted octanol–water partition coefficient (Wildman–Crippen LogP) is 4.61. The third-order valence-electron chi connectivity index (χ3n) is 5.77. The predicted molar refractivity (Wildman–Crippen MR) is 134 cm³/mol. The minimum absolute atomic E-state index is 0.0386. The number of nitrogens with one attached hydrogen (secondary N) is 3. The quantitative estimate of drug-likeness (QED) is 0.462. The summed E-state index contributed by atoms with van der Waals surface area (Å²) in [6.45, 7) is 4.52. The highest BCUT2D eigenvalue weighted by Gasteiger charge is 2.32. The number of ether oxygens (including phenoxy) is 2. The molecule has 1 fully saturated rings. The molecule has 2 aliphatic rings. The summed E-state index contributed by atoms with van der Waals surface area (Å²) in [4.78, 5) is 0.436. The van der Waals surface area contributed by atoms with Gasteiger partial charge in [0.1, 0.15) is 21.5 Å². The van der Waals surface area contributed by atoms with E-state index >= 15 is 0 Å². The van der Waals surface area contributed by atoms with Crippen LogP contribution in [0.4, 0.5) is 10.1 Å². The number of benzene rings is 2. The van der Waals surface area contributed by atoms with Crippen molar-refractivity contribution < 1.29 is 22.3 Å². The zero-order chi connectivity index (χ0) is 24.3. The number of methoxy groups -OCH3 is 1. The molecule has 1 unspecified atom stereocenters. The molecule has 2 aromatic rings. The highest BCUT2D eigenvalue weighted by Crippen LogP contribution is 2.41. The van der Waals surface area contributed by atoms with E-state index in [0.717, 1.165) is 55.2 Å². The molecule has 34 heavy (non-hydrogen) atoms. The van der Waals surface area contributed by atoms with E-state index in [-0.39, 0.29) is 21.4 Å². The molecule has 4 rings (SSSR count). The fourth-order valence-electron chi connectivity index (χ4n) is 3.81. The summed E-state index contributed by atoms with van der Waals surface area (Å²) in [5, 5.41) is 6.91. The average molecular weight is 528 g/mol. The maximum atomic E-state index is 13.4. The Morgan fingerprint density at radius 1 is 1.26 bits per heavy atom. The van der Waals surface area contributed by atoms with Crippen molar-refractivity contribution in [3.63, 3.8) is 0 Å². The number of halogens is 2. The van der Waals surface area contributed by atoms with Gasteiger partial charge in [0.05, 0.1) is 17.8 Å². The van der Waals surface area contributed by atoms with Crippen LogP contribution >= 0.6 is 23.4 Å². The lowest BCUT2D eigenvalue weighted by Crippen LogP contribution is -2.49. The number of hydrogen-bond acceptors (Lipinski definition) is 7. The van der Waals surface area contributed by atoms with Crippen LogP contribution in [0.5, 0.6) is 5.75 Å². The molecule has 0 aromatic heterocycles. The molecule has 2 aromatic carbocycles. The number of anilines is 1. The van der Waals surface area contributed by atoms with Gasteiger partial charge in [0.2, 0.25) is 0 Å². The molecule has 1 saturated heterocycles. The topological polar surface area (TPSA) is 88.7 Å². The van der Waals surface area contributed by atoms with Gasteiger partial charge in [-0.25, -0.2) is 12.8 Å². The van der Waals surface area contributed by atoms with Crippen LogP contribution in [0.25, 0.3) is 4.91 Å². The first kappa shape index (κ1) is 25.1. The second kappa shape index (κ2) is 10.3. The average Bonchev–Trinajstić information content (AvgIpc) is 3.22. The zero-order valence-electron chi connectivity index (χ0n) is 18.9. The SMILES string of the molecule is COc1ccc(C2=CNC(C)(NCC3CCOCC3)S2)cc1S(=O)(=O)Nc1ccc(F)cc1Cl. The summed E-state index contributed by atoms with van der Waals surface area (Å²) in [6, 6.07) is 8.45. The van der Waals surface area contributed by atoms with E-state index in [1.807, 2.05) is 12.3 Å². The number of rotatable bonds is 8. The Balaban J connectivity index is 1.52. The first-order valence-corrected chi connectivity index (χ1v) is 13.5. The van der Waals surface area contributed by atoms with Crippen molar-refractivity contribution in [2.45, 2.75) is 29.7 Å². The highest BCUT2D eigenvalue weighted by molar-refractivity contribution is 8.09. The largest absolute Gasteiger partial charge is 0.495 e. The first-order valence-electron chi connectivity index (χ1n) is 10.8. The van der Waals surface area contributed by atoms with Crippen molar-refractivity contribution >= 4 is 44.0 Å². The van der Waals surface area contributed by atoms with E-state index in [0.29, 0.717) is 5.92 Å². The minimum atomic E-state index is -4.06. The second-order valence-corrected chi connectivity index (χ2v) is 11.8. The highest BCUT2D eigenvalue weighted by atomic mass is 35.5. The van der Waals surface area contributed by atoms with Gasteiger partial charge < -0.3 is 14.8 Å². The first-order chi connectivity index (χ1) is 16.2. The standard InChI is InChI=1S/C23H27ClFN3O4S2/c1-23(26-13-15-7-9-32-10-8-15)27-14-21(33-23)16-3-6-20(31-2)22(11-16)34(29,30)28-19-5-4-17(25)12-18(19)24/h3-6,11-12,14-15,26-28H,7-10,13H2,1-2H3. The van der Waals surface area contributed by atoms with E-state index in [4.69, 9.17) is 21.1 Å². The van der Waals surface area contributed by atoms with Crippen molar-refractivity contribution in [1.29, 1.82) is 0 Å². The summed E-state index contributed by atoms with van der Waals surface area (Å²) in [5.74, 6) is 0.198. The normalized spacial score (nSPS) is 21.1. The fraction of sp³-hybridized carbons (Fsp3) is 0.391. The molecule has 7 nitrogen and oxygen atoms in total. The van der Waals surface area contributed by atoms with Gasteiger partial charge in [-0.05, 0) is 61.6 Å². The Hall–Kier alpha value is -1.98. The fourth-order valence-corrected chi connectivity index (χ4v) is 6.44. The molecule has 184 valence electrons. The van der Waals surface area contributed by atoms with Gasteiger partial charge in [0, 0.05) is 30.9 Å². The molecule has 0 radical (unpaired) electrons. The van der Waals surface area contributed by atoms with Crippen LogP contribution in [0.3, 0.4) is 0 Å². The Labute approximate surface area is 208 Å². The van der Waals surface area contributed by atoms with Crippen molar-refractivity contribution in [2.75, 3.05) is 31.6 Å². The monoisotopic (exact) mass is 527 g/mol. The van der Waals surface area contributed by atoms with E-state index < -0.39 is 20.8 Å². The van der Waals surface area contributed by atoms with Gasteiger partial charge in [0.25, 0.3) is 10.0 Å². The van der Waals surface area contributed by atoms with Gasteiger partial charge in [0.15, 0.2) is 0 Å². The van der Waals surface area contributed by atoms with Gasteiger partial charge in [-0.3, -0.25) is 10.0 Å². The van der Waals surface area contributed by atoms with Gasteiger partial charge in [-0.1, -0.05) is 29.4 Å². The van der Waals surface area contributed by atoms with E-state index in [9.17, 15) is 12.8 Å². The van der Waals surface area contributed by atoms with Crippen LogP contribution in [-0.2, 0) is 14.8 Å². The van der Waals surface area contributed by atoms with Crippen LogP contribution < -0.4 is 20.1 Å². The third-order valence-corrected chi connectivity index (χ3v) is 8.72. The van der Waals surface area contributed by atoms with Crippen molar-refractivity contribution in [1.82, 2.24) is 10.6 Å². The van der Waals surface area contributed by atoms with Crippen LogP contribution in [0, 0.1) is 11.7 Å². The molecule has 0 amide bonds. The maximum Gasteiger partial charge on any atom is 0.265 e. The molecular formula is C23H27ClFN3O4S2. The van der Waals surface area contributed by atoms with E-state index in [2.05, 4.69) is 22.3 Å². The number of thioether (sulfide) groups is 1. The molecule has 0 aliphatic carbocycles. The maximum absolute atomic E-state index is 13.4. The number of sulfonamides is 1. The van der Waals surface area contributed by atoms with Crippen LogP contribution in [0.1, 0.15) is 25.3 Å².